The van der Waals surface area contributed by atoms with E-state index < -0.39 is 12.1 Å². The SMILES string of the molecule is O=C(O)C[C@@H](O)c1ccc(Cl)cc1Cl. The molecule has 0 aliphatic rings. The van der Waals surface area contributed by atoms with Crippen LogP contribution in [0.5, 0.6) is 0 Å². The molecule has 1 atom stereocenters. The Morgan fingerprint density at radius 2 is 2.07 bits per heavy atom. The third kappa shape index (κ3) is 2.87. The van der Waals surface area contributed by atoms with Gasteiger partial charge >= 0.3 is 5.97 Å². The number of carboxylic acids is 1. The molecule has 0 spiro atoms. The topological polar surface area (TPSA) is 57.5 Å². The highest BCUT2D eigenvalue weighted by Crippen LogP contribution is 2.27. The first kappa shape index (κ1) is 11.3. The van der Waals surface area contributed by atoms with Crippen molar-refractivity contribution in [3.8, 4) is 0 Å². The summed E-state index contributed by atoms with van der Waals surface area (Å²) in [5.74, 6) is -1.08. The van der Waals surface area contributed by atoms with Crippen LogP contribution in [0, 0.1) is 0 Å². The van der Waals surface area contributed by atoms with Crippen LogP contribution >= 0.6 is 23.2 Å². The molecule has 0 heterocycles. The number of rotatable bonds is 3. The summed E-state index contributed by atoms with van der Waals surface area (Å²) in [6, 6.07) is 4.52. The number of carbonyl (C=O) groups is 1. The van der Waals surface area contributed by atoms with Crippen molar-refractivity contribution in [1.82, 2.24) is 0 Å². The van der Waals surface area contributed by atoms with Crippen LogP contribution in [0.4, 0.5) is 0 Å². The van der Waals surface area contributed by atoms with E-state index in [0.717, 1.165) is 0 Å². The first-order chi connectivity index (χ1) is 6.50. The molecule has 1 aromatic carbocycles. The Bertz CT molecular complexity index is 352. The summed E-state index contributed by atoms with van der Waals surface area (Å²) in [6.07, 6.45) is -1.47. The molecule has 3 nitrogen and oxygen atoms in total. The normalized spacial score (nSPS) is 12.5. The number of benzene rings is 1. The van der Waals surface area contributed by atoms with Gasteiger partial charge in [0.05, 0.1) is 12.5 Å². The summed E-state index contributed by atoms with van der Waals surface area (Å²) in [5.41, 5.74) is 0.374. The highest BCUT2D eigenvalue weighted by Gasteiger charge is 2.15. The van der Waals surface area contributed by atoms with Crippen molar-refractivity contribution >= 4 is 29.2 Å². The molecule has 76 valence electrons. The fraction of sp³-hybridized carbons (Fsp3) is 0.222. The number of halogens is 2. The predicted octanol–water partition coefficient (Wildman–Crippen LogP) is 2.50. The molecule has 1 rings (SSSR count). The Balaban J connectivity index is 2.90. The fourth-order valence-corrected chi connectivity index (χ4v) is 1.58. The van der Waals surface area contributed by atoms with Gasteiger partial charge in [-0.2, -0.15) is 0 Å². The molecule has 0 amide bonds. The lowest BCUT2D eigenvalue weighted by molar-refractivity contribution is -0.139. The summed E-state index contributed by atoms with van der Waals surface area (Å²) >= 11 is 11.4. The van der Waals surface area contributed by atoms with Gasteiger partial charge in [-0.15, -0.1) is 0 Å². The predicted molar refractivity (Wildman–Crippen MR) is 53.7 cm³/mol. The molecule has 0 radical (unpaired) electrons. The molecule has 5 heteroatoms. The molecule has 2 N–H and O–H groups in total. The zero-order valence-electron chi connectivity index (χ0n) is 7.08. The van der Waals surface area contributed by atoms with Crippen molar-refractivity contribution in [2.75, 3.05) is 0 Å². The second-order valence-electron chi connectivity index (χ2n) is 2.78. The van der Waals surface area contributed by atoms with Crippen LogP contribution < -0.4 is 0 Å². The smallest absolute Gasteiger partial charge is 0.306 e. The maximum absolute atomic E-state index is 10.3. The lowest BCUT2D eigenvalue weighted by Crippen LogP contribution is -2.05. The number of carboxylic acid groups (broad SMARTS) is 1. The molecule has 0 unspecified atom stereocenters. The third-order valence-corrected chi connectivity index (χ3v) is 2.25. The molecule has 0 aliphatic heterocycles. The van der Waals surface area contributed by atoms with Crippen LogP contribution in [-0.4, -0.2) is 16.2 Å². The second-order valence-corrected chi connectivity index (χ2v) is 3.62. The zero-order chi connectivity index (χ0) is 10.7. The van der Waals surface area contributed by atoms with Crippen molar-refractivity contribution in [1.29, 1.82) is 0 Å². The molecule has 0 aromatic heterocycles. The van der Waals surface area contributed by atoms with Crippen molar-refractivity contribution in [3.05, 3.63) is 33.8 Å². The van der Waals surface area contributed by atoms with Crippen LogP contribution in [-0.2, 0) is 4.79 Å². The number of hydrogen-bond donors (Lipinski definition) is 2. The van der Waals surface area contributed by atoms with E-state index in [1.807, 2.05) is 0 Å². The standard InChI is InChI=1S/C9H8Cl2O3/c10-5-1-2-6(7(11)3-5)8(12)4-9(13)14/h1-3,8,12H,4H2,(H,13,14)/t8-/m1/s1. The van der Waals surface area contributed by atoms with Gasteiger partial charge in [0, 0.05) is 10.0 Å². The Hall–Kier alpha value is -0.770. The molecule has 0 saturated carbocycles. The minimum absolute atomic E-state index is 0.270. The van der Waals surface area contributed by atoms with Gasteiger partial charge in [0.25, 0.3) is 0 Å². The van der Waals surface area contributed by atoms with Gasteiger partial charge in [0.2, 0.25) is 0 Å². The molecule has 14 heavy (non-hydrogen) atoms. The van der Waals surface area contributed by atoms with E-state index in [2.05, 4.69) is 0 Å². The van der Waals surface area contributed by atoms with E-state index in [4.69, 9.17) is 28.3 Å². The Labute approximate surface area is 90.9 Å². The molecular weight excluding hydrogens is 227 g/mol. The van der Waals surface area contributed by atoms with E-state index in [1.54, 1.807) is 6.07 Å². The fourth-order valence-electron chi connectivity index (χ4n) is 1.05. The molecule has 0 bridgehead atoms. The van der Waals surface area contributed by atoms with Crippen LogP contribution in [0.15, 0.2) is 18.2 Å². The first-order valence-corrected chi connectivity index (χ1v) is 4.61. The average Bonchev–Trinajstić information content (AvgIpc) is 2.01. The molecular formula is C9H8Cl2O3. The van der Waals surface area contributed by atoms with Gasteiger partial charge in [0.15, 0.2) is 0 Å². The van der Waals surface area contributed by atoms with Crippen LogP contribution in [0.1, 0.15) is 18.1 Å². The van der Waals surface area contributed by atoms with E-state index in [1.165, 1.54) is 12.1 Å². The van der Waals surface area contributed by atoms with Crippen LogP contribution in [0.25, 0.3) is 0 Å². The largest absolute Gasteiger partial charge is 0.481 e. The van der Waals surface area contributed by atoms with Crippen molar-refractivity contribution in [2.45, 2.75) is 12.5 Å². The third-order valence-electron chi connectivity index (χ3n) is 1.69. The Kier molecular flexibility index (Phi) is 3.75. The summed E-state index contributed by atoms with van der Waals surface area (Å²) in [7, 11) is 0. The van der Waals surface area contributed by atoms with Gasteiger partial charge in [-0.1, -0.05) is 29.3 Å². The van der Waals surface area contributed by atoms with Gasteiger partial charge in [0.1, 0.15) is 0 Å². The van der Waals surface area contributed by atoms with Gasteiger partial charge < -0.3 is 10.2 Å². The van der Waals surface area contributed by atoms with E-state index in [9.17, 15) is 9.90 Å². The monoisotopic (exact) mass is 234 g/mol. The maximum atomic E-state index is 10.3. The van der Waals surface area contributed by atoms with E-state index in [-0.39, 0.29) is 11.4 Å². The van der Waals surface area contributed by atoms with Crippen LogP contribution in [0.2, 0.25) is 10.0 Å². The number of aliphatic carboxylic acids is 1. The zero-order valence-corrected chi connectivity index (χ0v) is 8.59. The molecule has 0 saturated heterocycles. The van der Waals surface area contributed by atoms with Gasteiger partial charge in [-0.05, 0) is 17.7 Å². The number of aliphatic hydroxyl groups is 1. The molecule has 0 fully saturated rings. The summed E-state index contributed by atoms with van der Waals surface area (Å²) in [6.45, 7) is 0. The average molecular weight is 235 g/mol. The quantitative estimate of drug-likeness (QED) is 0.846. The number of aliphatic hydroxyl groups excluding tert-OH is 1. The summed E-state index contributed by atoms with van der Waals surface area (Å²) in [4.78, 5) is 10.3. The van der Waals surface area contributed by atoms with Crippen molar-refractivity contribution < 1.29 is 15.0 Å². The summed E-state index contributed by atoms with van der Waals surface area (Å²) in [5, 5.41) is 18.6. The number of hydrogen-bond acceptors (Lipinski definition) is 2. The van der Waals surface area contributed by atoms with Crippen molar-refractivity contribution in [3.63, 3.8) is 0 Å². The Morgan fingerprint density at radius 1 is 1.43 bits per heavy atom. The van der Waals surface area contributed by atoms with Crippen LogP contribution in [0.3, 0.4) is 0 Å². The van der Waals surface area contributed by atoms with Gasteiger partial charge in [-0.25, -0.2) is 0 Å². The molecule has 0 aliphatic carbocycles. The first-order valence-electron chi connectivity index (χ1n) is 3.85. The lowest BCUT2D eigenvalue weighted by Gasteiger charge is -2.10. The lowest BCUT2D eigenvalue weighted by atomic mass is 10.1. The highest BCUT2D eigenvalue weighted by atomic mass is 35.5. The minimum Gasteiger partial charge on any atom is -0.481 e. The highest BCUT2D eigenvalue weighted by molar-refractivity contribution is 6.35. The summed E-state index contributed by atoms with van der Waals surface area (Å²) < 4.78 is 0. The van der Waals surface area contributed by atoms with Crippen molar-refractivity contribution in [2.24, 2.45) is 0 Å². The minimum atomic E-state index is -1.10. The second kappa shape index (κ2) is 4.64. The van der Waals surface area contributed by atoms with E-state index in [0.29, 0.717) is 10.6 Å². The van der Waals surface area contributed by atoms with E-state index >= 15 is 0 Å². The maximum Gasteiger partial charge on any atom is 0.306 e. The Morgan fingerprint density at radius 3 is 2.57 bits per heavy atom. The van der Waals surface area contributed by atoms with Gasteiger partial charge in [-0.3, -0.25) is 4.79 Å². The molecule has 1 aromatic rings.